The molecule has 25 heavy (non-hydrogen) atoms. The van der Waals surface area contributed by atoms with Gasteiger partial charge in [-0.15, -0.1) is 0 Å². The van der Waals surface area contributed by atoms with Gasteiger partial charge in [-0.2, -0.15) is 13.2 Å². The Morgan fingerprint density at radius 3 is 2.04 bits per heavy atom. The van der Waals surface area contributed by atoms with Crippen molar-refractivity contribution in [1.29, 1.82) is 0 Å². The first-order valence-corrected chi connectivity index (χ1v) is 7.78. The highest BCUT2D eigenvalue weighted by Gasteiger charge is 2.32. The van der Waals surface area contributed by atoms with Crippen LogP contribution < -0.4 is 0 Å². The molecule has 0 bridgehead atoms. The van der Waals surface area contributed by atoms with E-state index in [-0.39, 0.29) is 18.8 Å². The molecule has 6 nitrogen and oxygen atoms in total. The summed E-state index contributed by atoms with van der Waals surface area (Å²) in [6.45, 7) is 6.41. The van der Waals surface area contributed by atoms with Crippen LogP contribution in [0.15, 0.2) is 18.3 Å². The van der Waals surface area contributed by atoms with Gasteiger partial charge in [-0.25, -0.2) is 4.79 Å². The maximum absolute atomic E-state index is 12.5. The Labute approximate surface area is 143 Å². The lowest BCUT2D eigenvalue weighted by atomic mass is 10.2. The molecule has 0 atom stereocenters. The third-order valence-corrected chi connectivity index (χ3v) is 3.53. The zero-order valence-corrected chi connectivity index (χ0v) is 14.3. The molecular formula is C16H20F3N3O3. The Morgan fingerprint density at radius 1 is 1.04 bits per heavy atom. The summed E-state index contributed by atoms with van der Waals surface area (Å²) < 4.78 is 42.8. The number of piperazine rings is 1. The number of pyridine rings is 1. The highest BCUT2D eigenvalue weighted by molar-refractivity contribution is 5.92. The van der Waals surface area contributed by atoms with Crippen LogP contribution in [0, 0.1) is 0 Å². The van der Waals surface area contributed by atoms with Crippen LogP contribution in [0.1, 0.15) is 36.8 Å². The topological polar surface area (TPSA) is 62.7 Å². The average molecular weight is 359 g/mol. The van der Waals surface area contributed by atoms with E-state index >= 15 is 0 Å². The second-order valence-corrected chi connectivity index (χ2v) is 6.69. The number of alkyl halides is 3. The molecule has 0 aromatic carbocycles. The number of hydrogen-bond donors (Lipinski definition) is 0. The van der Waals surface area contributed by atoms with E-state index in [4.69, 9.17) is 4.74 Å². The van der Waals surface area contributed by atoms with E-state index in [9.17, 15) is 22.8 Å². The fourth-order valence-corrected chi connectivity index (χ4v) is 2.27. The second-order valence-electron chi connectivity index (χ2n) is 6.69. The van der Waals surface area contributed by atoms with E-state index in [1.54, 1.807) is 20.8 Å². The molecule has 2 heterocycles. The highest BCUT2D eigenvalue weighted by atomic mass is 19.4. The SMILES string of the molecule is CC(C)(C)OC(=O)N1CCN(C(=O)c2ccc(C(F)(F)F)cn2)CC1. The summed E-state index contributed by atoms with van der Waals surface area (Å²) in [7, 11) is 0. The molecule has 1 aromatic heterocycles. The molecule has 0 saturated carbocycles. The number of hydrogen-bond acceptors (Lipinski definition) is 4. The molecule has 1 saturated heterocycles. The van der Waals surface area contributed by atoms with Gasteiger partial charge in [-0.05, 0) is 32.9 Å². The number of amides is 2. The summed E-state index contributed by atoms with van der Waals surface area (Å²) in [5, 5.41) is 0. The Hall–Kier alpha value is -2.32. The first-order valence-electron chi connectivity index (χ1n) is 7.78. The van der Waals surface area contributed by atoms with Gasteiger partial charge >= 0.3 is 12.3 Å². The van der Waals surface area contributed by atoms with Gasteiger partial charge in [0.05, 0.1) is 5.56 Å². The van der Waals surface area contributed by atoms with E-state index in [2.05, 4.69) is 4.98 Å². The van der Waals surface area contributed by atoms with E-state index in [0.29, 0.717) is 19.3 Å². The molecule has 0 unspecified atom stereocenters. The zero-order valence-electron chi connectivity index (χ0n) is 14.3. The Bertz CT molecular complexity index is 631. The molecule has 2 amide bonds. The van der Waals surface area contributed by atoms with Gasteiger partial charge in [-0.1, -0.05) is 0 Å². The van der Waals surface area contributed by atoms with Gasteiger partial charge in [0.15, 0.2) is 0 Å². The van der Waals surface area contributed by atoms with Crippen molar-refractivity contribution < 1.29 is 27.5 Å². The van der Waals surface area contributed by atoms with E-state index in [0.717, 1.165) is 12.1 Å². The number of carbonyl (C=O) groups is 2. The number of ether oxygens (including phenoxy) is 1. The molecule has 1 aromatic rings. The van der Waals surface area contributed by atoms with Crippen molar-refractivity contribution in [2.24, 2.45) is 0 Å². The minimum Gasteiger partial charge on any atom is -0.444 e. The van der Waals surface area contributed by atoms with Crippen molar-refractivity contribution in [3.8, 4) is 0 Å². The van der Waals surface area contributed by atoms with Crippen LogP contribution in [0.5, 0.6) is 0 Å². The summed E-state index contributed by atoms with van der Waals surface area (Å²) in [6.07, 6.45) is -4.30. The van der Waals surface area contributed by atoms with Crippen molar-refractivity contribution in [3.63, 3.8) is 0 Å². The van der Waals surface area contributed by atoms with E-state index in [1.165, 1.54) is 9.80 Å². The molecule has 138 valence electrons. The lowest BCUT2D eigenvalue weighted by molar-refractivity contribution is -0.137. The minimum absolute atomic E-state index is 0.0567. The third-order valence-electron chi connectivity index (χ3n) is 3.53. The fourth-order valence-electron chi connectivity index (χ4n) is 2.27. The van der Waals surface area contributed by atoms with Crippen LogP contribution in [0.3, 0.4) is 0 Å². The summed E-state index contributed by atoms with van der Waals surface area (Å²) in [4.78, 5) is 30.8. The van der Waals surface area contributed by atoms with Gasteiger partial charge in [0.2, 0.25) is 0 Å². The standard InChI is InChI=1S/C16H20F3N3O3/c1-15(2,3)25-14(24)22-8-6-21(7-9-22)13(23)12-5-4-11(10-20-12)16(17,18)19/h4-5,10H,6-9H2,1-3H3. The molecule has 0 radical (unpaired) electrons. The quantitative estimate of drug-likeness (QED) is 0.774. The minimum atomic E-state index is -4.49. The molecule has 9 heteroatoms. The number of rotatable bonds is 1. The number of nitrogens with zero attached hydrogens (tertiary/aromatic N) is 3. The lowest BCUT2D eigenvalue weighted by Crippen LogP contribution is -2.51. The molecule has 2 rings (SSSR count). The Kier molecular flexibility index (Phi) is 5.24. The molecule has 0 N–H and O–H groups in total. The predicted molar refractivity (Wildman–Crippen MR) is 82.9 cm³/mol. The second kappa shape index (κ2) is 6.89. The largest absolute Gasteiger partial charge is 0.444 e. The maximum Gasteiger partial charge on any atom is 0.417 e. The van der Waals surface area contributed by atoms with Crippen molar-refractivity contribution >= 4 is 12.0 Å². The van der Waals surface area contributed by atoms with Gasteiger partial charge in [0.25, 0.3) is 5.91 Å². The number of aromatic nitrogens is 1. The Morgan fingerprint density at radius 2 is 1.60 bits per heavy atom. The molecule has 1 aliphatic rings. The van der Waals surface area contributed by atoms with Crippen LogP contribution in [0.4, 0.5) is 18.0 Å². The summed E-state index contributed by atoms with van der Waals surface area (Å²) >= 11 is 0. The molecule has 0 aliphatic carbocycles. The van der Waals surface area contributed by atoms with Gasteiger partial charge in [0, 0.05) is 32.4 Å². The third kappa shape index (κ3) is 5.07. The number of carbonyl (C=O) groups excluding carboxylic acids is 2. The number of halogens is 3. The first-order chi connectivity index (χ1) is 11.5. The van der Waals surface area contributed by atoms with Gasteiger partial charge in [-0.3, -0.25) is 9.78 Å². The molecule has 0 spiro atoms. The highest BCUT2D eigenvalue weighted by Crippen LogP contribution is 2.28. The van der Waals surface area contributed by atoms with Crippen LogP contribution in [0.25, 0.3) is 0 Å². The Balaban J connectivity index is 1.94. The van der Waals surface area contributed by atoms with E-state index in [1.807, 2.05) is 0 Å². The smallest absolute Gasteiger partial charge is 0.417 e. The van der Waals surface area contributed by atoms with Gasteiger partial charge in [0.1, 0.15) is 11.3 Å². The van der Waals surface area contributed by atoms with Crippen molar-refractivity contribution in [2.45, 2.75) is 32.5 Å². The summed E-state index contributed by atoms with van der Waals surface area (Å²) in [5.74, 6) is -0.461. The van der Waals surface area contributed by atoms with Crippen LogP contribution >= 0.6 is 0 Å². The average Bonchev–Trinajstić information content (AvgIpc) is 2.52. The van der Waals surface area contributed by atoms with E-state index < -0.39 is 29.3 Å². The first kappa shape index (κ1) is 19.0. The monoisotopic (exact) mass is 359 g/mol. The van der Waals surface area contributed by atoms with Gasteiger partial charge < -0.3 is 14.5 Å². The summed E-state index contributed by atoms with van der Waals surface area (Å²) in [6, 6.07) is 1.89. The zero-order chi connectivity index (χ0) is 18.8. The fraction of sp³-hybridized carbons (Fsp3) is 0.562. The molecular weight excluding hydrogens is 339 g/mol. The van der Waals surface area contributed by atoms with Crippen LogP contribution in [0.2, 0.25) is 0 Å². The van der Waals surface area contributed by atoms with Crippen LogP contribution in [-0.4, -0.2) is 58.6 Å². The summed E-state index contributed by atoms with van der Waals surface area (Å²) in [5.41, 5.74) is -1.56. The molecule has 1 aliphatic heterocycles. The van der Waals surface area contributed by atoms with Crippen molar-refractivity contribution in [1.82, 2.24) is 14.8 Å². The molecule has 1 fully saturated rings. The normalized spacial score (nSPS) is 15.9. The lowest BCUT2D eigenvalue weighted by Gasteiger charge is -2.35. The predicted octanol–water partition coefficient (Wildman–Crippen LogP) is 2.79. The maximum atomic E-state index is 12.5. The van der Waals surface area contributed by atoms with Crippen LogP contribution in [-0.2, 0) is 10.9 Å². The van der Waals surface area contributed by atoms with Crippen molar-refractivity contribution in [2.75, 3.05) is 26.2 Å². The van der Waals surface area contributed by atoms with Crippen molar-refractivity contribution in [3.05, 3.63) is 29.6 Å².